The highest BCUT2D eigenvalue weighted by Gasteiger charge is 2.20. The van der Waals surface area contributed by atoms with Crippen LogP contribution in [0.5, 0.6) is 0 Å². The highest BCUT2D eigenvalue weighted by atomic mass is 16.5. The lowest BCUT2D eigenvalue weighted by Gasteiger charge is -2.22. The zero-order chi connectivity index (χ0) is 16.7. The van der Waals surface area contributed by atoms with E-state index in [4.69, 9.17) is 4.74 Å². The van der Waals surface area contributed by atoms with Crippen LogP contribution < -0.4 is 5.32 Å². The van der Waals surface area contributed by atoms with Gasteiger partial charge in [0, 0.05) is 44.3 Å². The molecule has 0 radical (unpaired) electrons. The molecule has 1 saturated heterocycles. The average molecular weight is 316 g/mol. The van der Waals surface area contributed by atoms with Crippen molar-refractivity contribution < 1.29 is 14.3 Å². The maximum Gasteiger partial charge on any atom is 0.251 e. The summed E-state index contributed by atoms with van der Waals surface area (Å²) in [6, 6.07) is 7.15. The molecule has 1 aliphatic heterocycles. The van der Waals surface area contributed by atoms with Crippen molar-refractivity contribution in [2.24, 2.45) is 5.92 Å². The van der Waals surface area contributed by atoms with E-state index in [0.717, 1.165) is 31.7 Å². The van der Waals surface area contributed by atoms with E-state index in [1.165, 1.54) is 0 Å². The second kappa shape index (κ2) is 8.48. The van der Waals surface area contributed by atoms with Crippen molar-refractivity contribution in [3.05, 3.63) is 41.5 Å². The molecule has 1 heterocycles. The Morgan fingerprint density at radius 1 is 1.35 bits per heavy atom. The number of hydrogen-bond acceptors (Lipinski definition) is 3. The zero-order valence-corrected chi connectivity index (χ0v) is 13.7. The minimum Gasteiger partial charge on any atom is -0.381 e. The number of benzene rings is 1. The summed E-state index contributed by atoms with van der Waals surface area (Å²) in [7, 11) is 1.60. The van der Waals surface area contributed by atoms with Gasteiger partial charge in [-0.15, -0.1) is 0 Å². The predicted molar refractivity (Wildman–Crippen MR) is 90.0 cm³/mol. The number of carbonyl (C=O) groups is 2. The monoisotopic (exact) mass is 316 g/mol. The van der Waals surface area contributed by atoms with Gasteiger partial charge in [0.2, 0.25) is 5.91 Å². The second-order valence-electron chi connectivity index (χ2n) is 5.64. The maximum absolute atomic E-state index is 12.3. The Labute approximate surface area is 137 Å². The summed E-state index contributed by atoms with van der Waals surface area (Å²) in [5, 5.41) is 2.58. The fraction of sp³-hybridized carbons (Fsp3) is 0.444. The number of likely N-dealkylation sites (N-methyl/N-ethyl adjacent to an activating group) is 1. The van der Waals surface area contributed by atoms with Crippen LogP contribution >= 0.6 is 0 Å². The minimum atomic E-state index is -0.118. The van der Waals surface area contributed by atoms with E-state index in [-0.39, 0.29) is 11.8 Å². The van der Waals surface area contributed by atoms with E-state index in [0.29, 0.717) is 18.0 Å². The van der Waals surface area contributed by atoms with Crippen molar-refractivity contribution >= 4 is 17.9 Å². The first-order valence-corrected chi connectivity index (χ1v) is 8.01. The lowest BCUT2D eigenvalue weighted by molar-refractivity contribution is -0.126. The summed E-state index contributed by atoms with van der Waals surface area (Å²) < 4.78 is 5.36. The molecule has 2 rings (SSSR count). The highest BCUT2D eigenvalue weighted by molar-refractivity contribution is 5.94. The fourth-order valence-corrected chi connectivity index (χ4v) is 2.58. The summed E-state index contributed by atoms with van der Waals surface area (Å²) >= 11 is 0. The van der Waals surface area contributed by atoms with Crippen LogP contribution in [-0.4, -0.2) is 50.1 Å². The van der Waals surface area contributed by atoms with Crippen molar-refractivity contribution in [1.82, 2.24) is 10.2 Å². The van der Waals surface area contributed by atoms with Gasteiger partial charge in [-0.05, 0) is 37.1 Å². The number of rotatable bonds is 6. The molecule has 124 valence electrons. The van der Waals surface area contributed by atoms with Gasteiger partial charge in [-0.1, -0.05) is 12.1 Å². The first kappa shape index (κ1) is 17.2. The largest absolute Gasteiger partial charge is 0.381 e. The quantitative estimate of drug-likeness (QED) is 0.816. The van der Waals surface area contributed by atoms with Gasteiger partial charge < -0.3 is 15.0 Å². The molecule has 0 aliphatic carbocycles. The third-order valence-electron chi connectivity index (χ3n) is 4.01. The summed E-state index contributed by atoms with van der Waals surface area (Å²) in [5.74, 6) is 0.335. The molecule has 0 spiro atoms. The second-order valence-corrected chi connectivity index (χ2v) is 5.64. The van der Waals surface area contributed by atoms with Crippen LogP contribution in [0.15, 0.2) is 30.3 Å². The van der Waals surface area contributed by atoms with Gasteiger partial charge in [0.15, 0.2) is 0 Å². The lowest BCUT2D eigenvalue weighted by atomic mass is 10.1. The molecule has 0 saturated carbocycles. The van der Waals surface area contributed by atoms with Crippen molar-refractivity contribution in [3.63, 3.8) is 0 Å². The summed E-state index contributed by atoms with van der Waals surface area (Å²) in [6.45, 7) is 4.96. The molecule has 1 N–H and O–H groups in total. The van der Waals surface area contributed by atoms with Gasteiger partial charge in [-0.2, -0.15) is 0 Å². The number of carbonyl (C=O) groups excluding carboxylic acids is 2. The van der Waals surface area contributed by atoms with Gasteiger partial charge in [-0.25, -0.2) is 0 Å². The van der Waals surface area contributed by atoms with E-state index in [1.807, 2.05) is 24.0 Å². The zero-order valence-electron chi connectivity index (χ0n) is 13.7. The molecule has 0 bridgehead atoms. The van der Waals surface area contributed by atoms with Gasteiger partial charge in [-0.3, -0.25) is 9.59 Å². The lowest BCUT2D eigenvalue weighted by Crippen LogP contribution is -2.34. The van der Waals surface area contributed by atoms with Gasteiger partial charge >= 0.3 is 0 Å². The molecule has 2 amide bonds. The molecular formula is C18H24N2O3. The first-order valence-electron chi connectivity index (χ1n) is 8.01. The van der Waals surface area contributed by atoms with Crippen LogP contribution in [0.25, 0.3) is 6.08 Å². The van der Waals surface area contributed by atoms with Crippen molar-refractivity contribution in [2.75, 3.05) is 33.4 Å². The summed E-state index contributed by atoms with van der Waals surface area (Å²) in [5.41, 5.74) is 1.50. The Morgan fingerprint density at radius 2 is 2.09 bits per heavy atom. The first-order chi connectivity index (χ1) is 11.1. The van der Waals surface area contributed by atoms with Crippen LogP contribution in [0, 0.1) is 5.92 Å². The number of nitrogens with zero attached hydrogens (tertiary/aromatic N) is 1. The average Bonchev–Trinajstić information content (AvgIpc) is 3.10. The summed E-state index contributed by atoms with van der Waals surface area (Å²) in [4.78, 5) is 25.6. The number of hydrogen-bond donors (Lipinski definition) is 1. The molecule has 1 fully saturated rings. The van der Waals surface area contributed by atoms with Crippen LogP contribution in [0.3, 0.4) is 0 Å². The SMILES string of the molecule is CCN(CC1CCOC1)C(=O)C=Cc1ccc(C(=O)NC)cc1. The molecular weight excluding hydrogens is 292 g/mol. The minimum absolute atomic E-state index is 0.00905. The molecule has 1 unspecified atom stereocenters. The van der Waals surface area contributed by atoms with Crippen molar-refractivity contribution in [3.8, 4) is 0 Å². The predicted octanol–water partition coefficient (Wildman–Crippen LogP) is 1.94. The fourth-order valence-electron chi connectivity index (χ4n) is 2.58. The third kappa shape index (κ3) is 4.93. The Kier molecular flexibility index (Phi) is 6.35. The smallest absolute Gasteiger partial charge is 0.251 e. The van der Waals surface area contributed by atoms with E-state index >= 15 is 0 Å². The number of nitrogens with one attached hydrogen (secondary N) is 1. The summed E-state index contributed by atoms with van der Waals surface area (Å²) in [6.07, 6.45) is 4.40. The van der Waals surface area contributed by atoms with Gasteiger partial charge in [0.05, 0.1) is 6.61 Å². The van der Waals surface area contributed by atoms with Crippen LogP contribution in [0.2, 0.25) is 0 Å². The number of ether oxygens (including phenoxy) is 1. The molecule has 5 nitrogen and oxygen atoms in total. The standard InChI is InChI=1S/C18H24N2O3/c1-3-20(12-15-10-11-23-13-15)17(21)9-6-14-4-7-16(8-5-14)18(22)19-2/h4-9,15H,3,10-13H2,1-2H3,(H,19,22). The Bertz CT molecular complexity index is 560. The van der Waals surface area contributed by atoms with Crippen LogP contribution in [-0.2, 0) is 9.53 Å². The highest BCUT2D eigenvalue weighted by Crippen LogP contribution is 2.14. The van der Waals surface area contributed by atoms with Crippen molar-refractivity contribution in [2.45, 2.75) is 13.3 Å². The van der Waals surface area contributed by atoms with E-state index in [1.54, 1.807) is 31.3 Å². The van der Waals surface area contributed by atoms with E-state index in [9.17, 15) is 9.59 Å². The molecule has 1 aromatic rings. The number of amides is 2. The van der Waals surface area contributed by atoms with Crippen molar-refractivity contribution in [1.29, 1.82) is 0 Å². The third-order valence-corrected chi connectivity index (χ3v) is 4.01. The molecule has 0 aromatic heterocycles. The Balaban J connectivity index is 1.94. The Hall–Kier alpha value is -2.14. The topological polar surface area (TPSA) is 58.6 Å². The molecule has 1 aromatic carbocycles. The molecule has 5 heteroatoms. The van der Waals surface area contributed by atoms with Gasteiger partial charge in [0.1, 0.15) is 0 Å². The molecule has 1 aliphatic rings. The maximum atomic E-state index is 12.3. The van der Waals surface area contributed by atoms with E-state index < -0.39 is 0 Å². The molecule has 1 atom stereocenters. The van der Waals surface area contributed by atoms with Crippen LogP contribution in [0.4, 0.5) is 0 Å². The Morgan fingerprint density at radius 3 is 2.65 bits per heavy atom. The van der Waals surface area contributed by atoms with Crippen LogP contribution in [0.1, 0.15) is 29.3 Å². The van der Waals surface area contributed by atoms with Gasteiger partial charge in [0.25, 0.3) is 5.91 Å². The van der Waals surface area contributed by atoms with E-state index in [2.05, 4.69) is 5.32 Å². The molecule has 23 heavy (non-hydrogen) atoms. The normalized spacial score (nSPS) is 17.4.